The number of hydrogen-bond acceptors (Lipinski definition) is 2. The molecule has 0 amide bonds. The van der Waals surface area contributed by atoms with Crippen LogP contribution in [0.3, 0.4) is 0 Å². The van der Waals surface area contributed by atoms with E-state index in [0.29, 0.717) is 0 Å². The summed E-state index contributed by atoms with van der Waals surface area (Å²) in [5.74, 6) is 0. The monoisotopic (exact) mass is 283 g/mol. The molecule has 1 aromatic rings. The summed E-state index contributed by atoms with van der Waals surface area (Å²) < 4.78 is 6.61. The van der Waals surface area contributed by atoms with Gasteiger partial charge >= 0.3 is 0 Å². The third kappa shape index (κ3) is 2.17. The Morgan fingerprint density at radius 1 is 1.31 bits per heavy atom. The van der Waals surface area contributed by atoms with Gasteiger partial charge < -0.3 is 10.1 Å². The van der Waals surface area contributed by atoms with Crippen molar-refractivity contribution in [2.24, 2.45) is 0 Å². The molecule has 0 atom stereocenters. The van der Waals surface area contributed by atoms with Crippen LogP contribution < -0.4 is 5.32 Å². The van der Waals surface area contributed by atoms with Gasteiger partial charge in [0.15, 0.2) is 0 Å². The first-order chi connectivity index (χ1) is 7.68. The summed E-state index contributed by atoms with van der Waals surface area (Å²) >= 11 is 3.51. The van der Waals surface area contributed by atoms with Crippen molar-refractivity contribution in [3.05, 3.63) is 33.8 Å². The summed E-state index contributed by atoms with van der Waals surface area (Å²) in [6.07, 6.45) is 2.10. The predicted molar refractivity (Wildman–Crippen MR) is 69.7 cm³/mol. The van der Waals surface area contributed by atoms with Crippen molar-refractivity contribution in [1.82, 2.24) is 5.32 Å². The van der Waals surface area contributed by atoms with Gasteiger partial charge in [0.05, 0.1) is 0 Å². The first-order valence-corrected chi connectivity index (χ1v) is 6.50. The predicted octanol–water partition coefficient (Wildman–Crippen LogP) is 2.98. The first-order valence-electron chi connectivity index (χ1n) is 5.71. The highest BCUT2D eigenvalue weighted by atomic mass is 79.9. The zero-order chi connectivity index (χ0) is 11.6. The summed E-state index contributed by atoms with van der Waals surface area (Å²) in [6, 6.07) is 6.53. The second kappa shape index (κ2) is 4.86. The van der Waals surface area contributed by atoms with E-state index in [1.807, 2.05) is 7.05 Å². The summed E-state index contributed by atoms with van der Waals surface area (Å²) in [5.41, 5.74) is 2.84. The van der Waals surface area contributed by atoms with E-state index < -0.39 is 0 Å². The van der Waals surface area contributed by atoms with Crippen molar-refractivity contribution in [3.8, 4) is 0 Å². The van der Waals surface area contributed by atoms with Crippen LogP contribution in [0.1, 0.15) is 24.0 Å². The van der Waals surface area contributed by atoms with Crippen molar-refractivity contribution >= 4 is 15.9 Å². The Balaban J connectivity index is 2.39. The van der Waals surface area contributed by atoms with Crippen LogP contribution in [0.2, 0.25) is 0 Å². The molecule has 1 heterocycles. The number of benzene rings is 1. The fourth-order valence-corrected chi connectivity index (χ4v) is 3.01. The van der Waals surface area contributed by atoms with Gasteiger partial charge in [-0.2, -0.15) is 0 Å². The number of hydrogen-bond donors (Lipinski definition) is 1. The lowest BCUT2D eigenvalue weighted by Gasteiger charge is -2.38. The lowest BCUT2D eigenvalue weighted by molar-refractivity contribution is 0.0396. The molecule has 0 bridgehead atoms. The third-order valence-corrected chi connectivity index (χ3v) is 4.02. The van der Waals surface area contributed by atoms with Gasteiger partial charge in [-0.25, -0.2) is 0 Å². The molecule has 1 saturated heterocycles. The average Bonchev–Trinajstić information content (AvgIpc) is 2.30. The van der Waals surface area contributed by atoms with E-state index in [1.165, 1.54) is 11.1 Å². The molecular formula is C13H18BrNO. The molecule has 0 unspecified atom stereocenters. The quantitative estimate of drug-likeness (QED) is 0.901. The fraction of sp³-hybridized carbons (Fsp3) is 0.538. The number of halogens is 1. The maximum Gasteiger partial charge on any atom is 0.0486 e. The Labute approximate surface area is 106 Å². The number of ether oxygens (including phenoxy) is 1. The zero-order valence-corrected chi connectivity index (χ0v) is 11.4. The first kappa shape index (κ1) is 12.1. The van der Waals surface area contributed by atoms with Crippen molar-refractivity contribution in [2.75, 3.05) is 20.3 Å². The maximum absolute atomic E-state index is 5.46. The number of rotatable bonds is 2. The molecule has 1 aliphatic rings. The highest BCUT2D eigenvalue weighted by Gasteiger charge is 2.33. The van der Waals surface area contributed by atoms with Gasteiger partial charge in [-0.15, -0.1) is 0 Å². The Hall–Kier alpha value is -0.380. The lowest BCUT2D eigenvalue weighted by atomic mass is 9.81. The summed E-state index contributed by atoms with van der Waals surface area (Å²) in [7, 11) is 2.05. The second-order valence-electron chi connectivity index (χ2n) is 4.40. The Morgan fingerprint density at radius 3 is 2.56 bits per heavy atom. The van der Waals surface area contributed by atoms with Gasteiger partial charge in [0.1, 0.15) is 0 Å². The van der Waals surface area contributed by atoms with Crippen LogP contribution in [0, 0.1) is 6.92 Å². The van der Waals surface area contributed by atoms with E-state index in [2.05, 4.69) is 46.4 Å². The van der Waals surface area contributed by atoms with E-state index in [1.54, 1.807) is 0 Å². The zero-order valence-electron chi connectivity index (χ0n) is 9.85. The molecule has 1 fully saturated rings. The van der Waals surface area contributed by atoms with Crippen LogP contribution in [0.4, 0.5) is 0 Å². The Bertz CT molecular complexity index is 372. The minimum Gasteiger partial charge on any atom is -0.381 e. The summed E-state index contributed by atoms with van der Waals surface area (Å²) in [6.45, 7) is 3.86. The molecule has 2 rings (SSSR count). The number of nitrogens with one attached hydrogen (secondary N) is 1. The normalized spacial score (nSPS) is 19.7. The fourth-order valence-electron chi connectivity index (χ4n) is 2.54. The molecule has 0 aliphatic carbocycles. The van der Waals surface area contributed by atoms with Crippen LogP contribution in [0.15, 0.2) is 22.7 Å². The molecule has 1 N–H and O–H groups in total. The van der Waals surface area contributed by atoms with E-state index in [-0.39, 0.29) is 5.54 Å². The maximum atomic E-state index is 5.46. The molecule has 16 heavy (non-hydrogen) atoms. The van der Waals surface area contributed by atoms with E-state index in [4.69, 9.17) is 4.74 Å². The molecule has 0 saturated carbocycles. The van der Waals surface area contributed by atoms with Crippen LogP contribution in [0.5, 0.6) is 0 Å². The van der Waals surface area contributed by atoms with Crippen molar-refractivity contribution in [1.29, 1.82) is 0 Å². The van der Waals surface area contributed by atoms with Gasteiger partial charge in [-0.3, -0.25) is 0 Å². The Kier molecular flexibility index (Phi) is 3.67. The van der Waals surface area contributed by atoms with Gasteiger partial charge in [0.2, 0.25) is 0 Å². The largest absolute Gasteiger partial charge is 0.381 e. The van der Waals surface area contributed by atoms with Crippen LogP contribution >= 0.6 is 15.9 Å². The topological polar surface area (TPSA) is 21.3 Å². The third-order valence-electron chi connectivity index (χ3n) is 3.53. The molecule has 1 aromatic carbocycles. The van der Waals surface area contributed by atoms with Crippen LogP contribution in [-0.2, 0) is 10.3 Å². The van der Waals surface area contributed by atoms with Crippen LogP contribution in [0.25, 0.3) is 0 Å². The lowest BCUT2D eigenvalue weighted by Crippen LogP contribution is -2.45. The molecular weight excluding hydrogens is 266 g/mol. The Morgan fingerprint density at radius 2 is 2.00 bits per heavy atom. The highest BCUT2D eigenvalue weighted by molar-refractivity contribution is 9.10. The van der Waals surface area contributed by atoms with Crippen LogP contribution in [-0.4, -0.2) is 20.3 Å². The van der Waals surface area contributed by atoms with Crippen molar-refractivity contribution in [3.63, 3.8) is 0 Å². The van der Waals surface area contributed by atoms with Gasteiger partial charge in [0.25, 0.3) is 0 Å². The minimum absolute atomic E-state index is 0.100. The molecule has 2 nitrogen and oxygen atoms in total. The highest BCUT2D eigenvalue weighted by Crippen LogP contribution is 2.34. The SMILES string of the molecule is CNC1(c2ccc(Br)cc2C)CCOCC1. The summed E-state index contributed by atoms with van der Waals surface area (Å²) in [5, 5.41) is 3.50. The molecule has 0 radical (unpaired) electrons. The molecule has 88 valence electrons. The standard InChI is InChI=1S/C13H18BrNO/c1-10-9-11(14)3-4-12(10)13(15-2)5-7-16-8-6-13/h3-4,9,15H,5-8H2,1-2H3. The van der Waals surface area contributed by atoms with E-state index in [0.717, 1.165) is 30.5 Å². The van der Waals surface area contributed by atoms with E-state index >= 15 is 0 Å². The minimum atomic E-state index is 0.100. The van der Waals surface area contributed by atoms with Gasteiger partial charge in [0, 0.05) is 23.2 Å². The summed E-state index contributed by atoms with van der Waals surface area (Å²) in [4.78, 5) is 0. The molecule has 0 aromatic heterocycles. The van der Waals surface area contributed by atoms with E-state index in [9.17, 15) is 0 Å². The van der Waals surface area contributed by atoms with Crippen molar-refractivity contribution < 1.29 is 4.74 Å². The van der Waals surface area contributed by atoms with Gasteiger partial charge in [-0.1, -0.05) is 22.0 Å². The second-order valence-corrected chi connectivity index (χ2v) is 5.32. The average molecular weight is 284 g/mol. The number of aryl methyl sites for hydroxylation is 1. The molecule has 0 spiro atoms. The molecule has 3 heteroatoms. The smallest absolute Gasteiger partial charge is 0.0486 e. The van der Waals surface area contributed by atoms with Gasteiger partial charge in [-0.05, 0) is 50.1 Å². The van der Waals surface area contributed by atoms with Crippen molar-refractivity contribution in [2.45, 2.75) is 25.3 Å². The molecule has 1 aliphatic heterocycles.